The van der Waals surface area contributed by atoms with Crippen LogP contribution in [-0.2, 0) is 63.2 Å². The van der Waals surface area contributed by atoms with Gasteiger partial charge in [-0.15, -0.1) is 6.61 Å². The van der Waals surface area contributed by atoms with Crippen LogP contribution in [0.1, 0.15) is 104 Å². The first-order chi connectivity index (χ1) is 19.5. The van der Waals surface area contributed by atoms with Gasteiger partial charge in [0.25, 0.3) is 0 Å². The molecule has 0 spiro atoms. The van der Waals surface area contributed by atoms with Gasteiger partial charge in [0.05, 0.1) is 0 Å². The van der Waals surface area contributed by atoms with Crippen LogP contribution in [0.3, 0.4) is 0 Å². The Bertz CT molecular complexity index is 569. The Morgan fingerprint density at radius 2 is 0.596 bits per heavy atom. The Balaban J connectivity index is -0.000000156. The molecule has 1 nitrogen and oxygen atoms in total. The molecule has 3 aliphatic carbocycles. The average molecular weight is 950 g/mol. The van der Waals surface area contributed by atoms with E-state index in [1.54, 1.807) is 13.5 Å². The Kier molecular flexibility index (Phi) is 29.1. The molecule has 0 heterocycles. The zero-order chi connectivity index (χ0) is 35.6. The number of unbranched alkanes of at least 4 members (excludes halogenated alkanes) is 2. The summed E-state index contributed by atoms with van der Waals surface area (Å²) in [6.45, 7) is 38.5. The van der Waals surface area contributed by atoms with E-state index in [4.69, 9.17) is 6.92 Å². The molecule has 21 radical (unpaired) electrons. The summed E-state index contributed by atoms with van der Waals surface area (Å²) in [7, 11) is -9.05. The van der Waals surface area contributed by atoms with E-state index in [1.807, 2.05) is 0 Å². The summed E-state index contributed by atoms with van der Waals surface area (Å²) in [5.41, 5.74) is 0. The van der Waals surface area contributed by atoms with Crippen LogP contribution in [0.2, 0.25) is 0 Å². The van der Waals surface area contributed by atoms with Crippen molar-refractivity contribution < 1.29 is 88.4 Å². The van der Waals surface area contributed by atoms with Gasteiger partial charge in [0.2, 0.25) is 0 Å². The molecule has 3 aliphatic rings. The SMILES string of the molecule is C[C]1[C](C)[C](C)[C](C)[C]1C.C[C]1[C](C)[C](C)[C](C)[C]1C.C[C]1[C](C)[C](C)[C](C)[C]1C.F[P-](F)(F)(F)(F)F.[CH-][CH][CH][C-]COC.[Ru+4].[Ru+].[Ru+]. The van der Waals surface area contributed by atoms with E-state index in [2.05, 4.69) is 115 Å². The molecule has 0 aromatic heterocycles. The largest absolute Gasteiger partial charge is 4.00 e. The third-order valence-electron chi connectivity index (χ3n) is 8.88. The van der Waals surface area contributed by atoms with Gasteiger partial charge >= 0.3 is 91.4 Å². The molecule has 0 bridgehead atoms. The third-order valence-corrected chi connectivity index (χ3v) is 8.88. The molecule has 0 aliphatic heterocycles. The fourth-order valence-electron chi connectivity index (χ4n) is 4.42. The molecule has 271 valence electrons. The molecule has 0 N–H and O–H groups in total. The maximum absolute atomic E-state index is 10.7. The standard InChI is InChI=1S/3C10H15.C6H8O.F6P.3Ru/c3*1-6-7(2)9(4)10(5)8(6)3;1-3-4-5-6-7-2;1-7(2,3,4,5)6;;;/h3*1-5H3;1,3-4H,6H2,2H3;;;;/q;;;-2;-1;2*+1;+4. The van der Waals surface area contributed by atoms with Crippen LogP contribution >= 0.6 is 7.81 Å². The molecule has 3 rings (SSSR count). The van der Waals surface area contributed by atoms with Gasteiger partial charge in [-0.1, -0.05) is 104 Å². The van der Waals surface area contributed by atoms with Gasteiger partial charge in [-0.3, -0.25) is 6.42 Å². The monoisotopic (exact) mass is 952 g/mol. The van der Waals surface area contributed by atoms with Crippen molar-refractivity contribution in [2.24, 2.45) is 0 Å². The van der Waals surface area contributed by atoms with Crippen LogP contribution < -0.4 is 0 Å². The minimum absolute atomic E-state index is 0. The van der Waals surface area contributed by atoms with E-state index in [1.165, 1.54) is 95.2 Å². The first kappa shape index (κ1) is 58.2. The molecular weight excluding hydrogens is 897 g/mol. The van der Waals surface area contributed by atoms with E-state index >= 15 is 0 Å². The maximum atomic E-state index is 9.87. The summed E-state index contributed by atoms with van der Waals surface area (Å²) >= 11 is 0. The molecule has 0 saturated heterocycles. The Labute approximate surface area is 326 Å². The molecule has 0 aromatic carbocycles. The smallest absolute Gasteiger partial charge is 0.496 e. The first-order valence-electron chi connectivity index (χ1n) is 14.3. The van der Waals surface area contributed by atoms with Gasteiger partial charge in [0.15, 0.2) is 0 Å². The normalized spacial score (nSPS) is 23.0. The van der Waals surface area contributed by atoms with Crippen molar-refractivity contribution in [1.82, 2.24) is 0 Å². The summed E-state index contributed by atoms with van der Waals surface area (Å²) < 4.78 is 63.8. The molecule has 11 heteroatoms. The first-order valence-corrected chi connectivity index (χ1v) is 16.3. The molecular formula is C36H53F6OPRu3+3. The summed E-state index contributed by atoms with van der Waals surface area (Å²) in [5, 5.41) is 0. The van der Waals surface area contributed by atoms with Crippen LogP contribution in [0.15, 0.2) is 0 Å². The van der Waals surface area contributed by atoms with Gasteiger partial charge in [-0.05, 0) is 88.8 Å². The third kappa shape index (κ3) is 23.2. The van der Waals surface area contributed by atoms with Crippen LogP contribution in [0.25, 0.3) is 0 Å². The number of rotatable bonds is 4. The molecule has 47 heavy (non-hydrogen) atoms. The number of hydrogen-bond acceptors (Lipinski definition) is 1. The number of methoxy groups -OCH3 is 1. The van der Waals surface area contributed by atoms with Crippen LogP contribution in [0.5, 0.6) is 0 Å². The number of ether oxygens (including phenoxy) is 1. The molecule has 0 atom stereocenters. The molecule has 0 unspecified atom stereocenters. The van der Waals surface area contributed by atoms with Crippen LogP contribution in [0, 0.1) is 115 Å². The summed E-state index contributed by atoms with van der Waals surface area (Å²) in [6, 6.07) is 0. The number of halogens is 6. The zero-order valence-corrected chi connectivity index (χ0v) is 36.7. The molecule has 0 aromatic rings. The van der Waals surface area contributed by atoms with E-state index in [-0.39, 0.29) is 58.4 Å². The summed E-state index contributed by atoms with van der Waals surface area (Å²) in [5.74, 6) is 22.0. The second-order valence-corrected chi connectivity index (χ2v) is 13.2. The van der Waals surface area contributed by atoms with Gasteiger partial charge in [0.1, 0.15) is 0 Å². The fourth-order valence-corrected chi connectivity index (χ4v) is 4.42. The quantitative estimate of drug-likeness (QED) is 0.0897. The van der Waals surface area contributed by atoms with Crippen molar-refractivity contribution in [2.45, 2.75) is 104 Å². The minimum Gasteiger partial charge on any atom is -0.496 e. The molecule has 3 saturated carbocycles. The van der Waals surface area contributed by atoms with E-state index < -0.39 is 7.81 Å². The van der Waals surface area contributed by atoms with Gasteiger partial charge in [-0.25, -0.2) is 6.42 Å². The minimum atomic E-state index is -10.7. The van der Waals surface area contributed by atoms with Crippen LogP contribution in [0.4, 0.5) is 25.2 Å². The maximum Gasteiger partial charge on any atom is 4.00 e. The fraction of sp³-hybridized carbons (Fsp3) is 0.472. The predicted octanol–water partition coefficient (Wildman–Crippen LogP) is 13.1. The second kappa shape index (κ2) is 23.5. The van der Waals surface area contributed by atoms with Crippen molar-refractivity contribution in [3.63, 3.8) is 0 Å². The Hall–Kier alpha value is 1.84. The Morgan fingerprint density at radius 3 is 0.681 bits per heavy atom. The van der Waals surface area contributed by atoms with Gasteiger partial charge in [-0.2, -0.15) is 0 Å². The van der Waals surface area contributed by atoms with E-state index in [0.29, 0.717) is 6.61 Å². The van der Waals surface area contributed by atoms with Gasteiger partial charge < -0.3 is 18.1 Å². The van der Waals surface area contributed by atoms with Crippen molar-refractivity contribution in [2.75, 3.05) is 13.7 Å². The summed E-state index contributed by atoms with van der Waals surface area (Å²) in [4.78, 5) is 0. The van der Waals surface area contributed by atoms with Gasteiger partial charge in [0, 0.05) is 7.11 Å². The van der Waals surface area contributed by atoms with Crippen molar-refractivity contribution in [3.8, 4) is 0 Å². The van der Waals surface area contributed by atoms with E-state index in [0.717, 1.165) is 0 Å². The average Bonchev–Trinajstić information content (AvgIpc) is 3.28. The predicted molar refractivity (Wildman–Crippen MR) is 175 cm³/mol. The van der Waals surface area contributed by atoms with Crippen molar-refractivity contribution >= 4 is 7.81 Å². The second-order valence-electron chi connectivity index (χ2n) is 11.3. The van der Waals surface area contributed by atoms with Crippen LogP contribution in [-0.4, -0.2) is 13.7 Å². The summed E-state index contributed by atoms with van der Waals surface area (Å²) in [6.07, 6.45) is 5.79. The Morgan fingerprint density at radius 1 is 0.468 bits per heavy atom. The number of hydrogen-bond donors (Lipinski definition) is 0. The van der Waals surface area contributed by atoms with Crippen molar-refractivity contribution in [3.05, 3.63) is 115 Å². The van der Waals surface area contributed by atoms with E-state index in [9.17, 15) is 25.2 Å². The molecule has 3 fully saturated rings. The zero-order valence-electron chi connectivity index (χ0n) is 30.6. The molecule has 0 amide bonds. The topological polar surface area (TPSA) is 9.23 Å². The van der Waals surface area contributed by atoms with Crippen molar-refractivity contribution in [1.29, 1.82) is 0 Å².